The summed E-state index contributed by atoms with van der Waals surface area (Å²) in [6.45, 7) is 5.02. The summed E-state index contributed by atoms with van der Waals surface area (Å²) in [5.74, 6) is -2.08. The zero-order valence-electron chi connectivity index (χ0n) is 14.0. The van der Waals surface area contributed by atoms with Crippen LogP contribution in [0.15, 0.2) is 18.2 Å². The molecule has 0 spiro atoms. The molecular weight excluding hydrogens is 344 g/mol. The normalized spacial score (nSPS) is 17.6. The van der Waals surface area contributed by atoms with Crippen LogP contribution in [-0.2, 0) is 10.3 Å². The number of halogens is 4. The summed E-state index contributed by atoms with van der Waals surface area (Å²) in [6.07, 6.45) is -5.36. The molecule has 9 heteroatoms. The van der Waals surface area contributed by atoms with Crippen LogP contribution in [-0.4, -0.2) is 24.1 Å². The van der Waals surface area contributed by atoms with E-state index in [1.807, 2.05) is 0 Å². The molecule has 25 heavy (non-hydrogen) atoms. The molecule has 0 radical (unpaired) electrons. The van der Waals surface area contributed by atoms with Gasteiger partial charge in [-0.05, 0) is 51.3 Å². The number of carbonyl (C=O) groups is 1. The molecule has 1 aliphatic rings. The number of hydrogen-bond donors (Lipinski definition) is 2. The minimum atomic E-state index is -5.01. The summed E-state index contributed by atoms with van der Waals surface area (Å²) in [6, 6.07) is 3.11. The third-order valence-electron chi connectivity index (χ3n) is 4.13. The van der Waals surface area contributed by atoms with Crippen molar-refractivity contribution in [2.24, 2.45) is 5.73 Å². The quantitative estimate of drug-likeness (QED) is 0.784. The standard InChI is InChI=1S/C16H20F4N2O3/c1-9(14(2,3)21)24-13(23)22-15(6-7-15)10-4-5-11(17)12(8-10)25-16(18,19)20/h4-5,8-9H,6-7,21H2,1-3H3,(H,22,23). The van der Waals surface area contributed by atoms with Crippen LogP contribution in [0.3, 0.4) is 0 Å². The van der Waals surface area contributed by atoms with E-state index in [1.54, 1.807) is 20.8 Å². The fourth-order valence-corrected chi connectivity index (χ4v) is 2.15. The molecule has 5 nitrogen and oxygen atoms in total. The van der Waals surface area contributed by atoms with Gasteiger partial charge in [0, 0.05) is 5.54 Å². The maximum absolute atomic E-state index is 13.5. The first kappa shape index (κ1) is 19.3. The highest BCUT2D eigenvalue weighted by molar-refractivity contribution is 5.70. The van der Waals surface area contributed by atoms with E-state index in [1.165, 1.54) is 6.07 Å². The van der Waals surface area contributed by atoms with Gasteiger partial charge in [-0.25, -0.2) is 9.18 Å². The minimum absolute atomic E-state index is 0.310. The fraction of sp³-hybridized carbons (Fsp3) is 0.562. The molecule has 140 valence electrons. The molecule has 0 bridgehead atoms. The van der Waals surface area contributed by atoms with Gasteiger partial charge >= 0.3 is 12.5 Å². The lowest BCUT2D eigenvalue weighted by Crippen LogP contribution is -2.48. The van der Waals surface area contributed by atoms with Crippen LogP contribution in [0.5, 0.6) is 5.75 Å². The Morgan fingerprint density at radius 2 is 1.92 bits per heavy atom. The average Bonchev–Trinajstić information content (AvgIpc) is 3.19. The van der Waals surface area contributed by atoms with Gasteiger partial charge in [-0.2, -0.15) is 0 Å². The number of nitrogens with two attached hydrogens (primary N) is 1. The molecule has 3 N–H and O–H groups in total. The first-order chi connectivity index (χ1) is 11.3. The maximum Gasteiger partial charge on any atom is 0.573 e. The zero-order valence-corrected chi connectivity index (χ0v) is 14.0. The second-order valence-corrected chi connectivity index (χ2v) is 6.77. The van der Waals surface area contributed by atoms with E-state index >= 15 is 0 Å². The molecule has 1 aliphatic carbocycles. The summed E-state index contributed by atoms with van der Waals surface area (Å²) in [5, 5.41) is 2.62. The van der Waals surface area contributed by atoms with E-state index in [0.717, 1.165) is 12.1 Å². The molecule has 1 aromatic carbocycles. The smallest absolute Gasteiger partial charge is 0.445 e. The van der Waals surface area contributed by atoms with Crippen molar-refractivity contribution in [3.8, 4) is 5.75 Å². The predicted molar refractivity (Wildman–Crippen MR) is 81.3 cm³/mol. The molecule has 0 aliphatic heterocycles. The Hall–Kier alpha value is -2.03. The topological polar surface area (TPSA) is 73.6 Å². The second kappa shape index (κ2) is 6.36. The lowest BCUT2D eigenvalue weighted by molar-refractivity contribution is -0.275. The molecule has 0 aromatic heterocycles. The van der Waals surface area contributed by atoms with E-state index in [-0.39, 0.29) is 0 Å². The first-order valence-electron chi connectivity index (χ1n) is 7.66. The SMILES string of the molecule is CC(OC(=O)NC1(c2ccc(F)c(OC(F)(F)F)c2)CC1)C(C)(C)N. The van der Waals surface area contributed by atoms with Gasteiger partial charge in [-0.1, -0.05) is 6.07 Å². The second-order valence-electron chi connectivity index (χ2n) is 6.77. The summed E-state index contributed by atoms with van der Waals surface area (Å²) in [5.41, 5.74) is 4.51. The number of benzene rings is 1. The maximum atomic E-state index is 13.5. The van der Waals surface area contributed by atoms with Crippen molar-refractivity contribution in [2.75, 3.05) is 0 Å². The van der Waals surface area contributed by atoms with Crippen LogP contribution < -0.4 is 15.8 Å². The van der Waals surface area contributed by atoms with Gasteiger partial charge in [0.2, 0.25) is 0 Å². The molecule has 1 aromatic rings. The van der Waals surface area contributed by atoms with Crippen molar-refractivity contribution in [2.45, 2.75) is 57.2 Å². The highest BCUT2D eigenvalue weighted by Crippen LogP contribution is 2.47. The summed E-state index contributed by atoms with van der Waals surface area (Å²) in [4.78, 5) is 12.0. The van der Waals surface area contributed by atoms with E-state index < -0.39 is 41.2 Å². The summed E-state index contributed by atoms with van der Waals surface area (Å²) >= 11 is 0. The Balaban J connectivity index is 2.13. The van der Waals surface area contributed by atoms with Gasteiger partial charge in [0.25, 0.3) is 0 Å². The van der Waals surface area contributed by atoms with Crippen molar-refractivity contribution in [1.29, 1.82) is 0 Å². The van der Waals surface area contributed by atoms with Crippen LogP contribution in [0.4, 0.5) is 22.4 Å². The number of carbonyl (C=O) groups excluding carboxylic acids is 1. The largest absolute Gasteiger partial charge is 0.573 e. The Kier molecular flexibility index (Phi) is 4.91. The molecule has 0 saturated heterocycles. The van der Waals surface area contributed by atoms with Crippen molar-refractivity contribution in [3.05, 3.63) is 29.6 Å². The molecule has 1 fully saturated rings. The number of alkyl carbamates (subject to hydrolysis) is 1. The summed E-state index contributed by atoms with van der Waals surface area (Å²) in [7, 11) is 0. The zero-order chi connectivity index (χ0) is 19.0. The molecule has 1 saturated carbocycles. The number of alkyl halides is 3. The van der Waals surface area contributed by atoms with E-state index in [0.29, 0.717) is 18.4 Å². The van der Waals surface area contributed by atoms with Crippen molar-refractivity contribution < 1.29 is 31.8 Å². The lowest BCUT2D eigenvalue weighted by Gasteiger charge is -2.28. The Morgan fingerprint density at radius 3 is 2.40 bits per heavy atom. The van der Waals surface area contributed by atoms with Crippen molar-refractivity contribution in [1.82, 2.24) is 5.32 Å². The Bertz CT molecular complexity index is 652. The van der Waals surface area contributed by atoms with Gasteiger partial charge in [-0.15, -0.1) is 13.2 Å². The number of hydrogen-bond acceptors (Lipinski definition) is 4. The molecule has 1 amide bonds. The number of ether oxygens (including phenoxy) is 2. The number of nitrogens with one attached hydrogen (secondary N) is 1. The first-order valence-corrected chi connectivity index (χ1v) is 7.66. The van der Waals surface area contributed by atoms with Crippen LogP contribution >= 0.6 is 0 Å². The Morgan fingerprint density at radius 1 is 1.32 bits per heavy atom. The third-order valence-corrected chi connectivity index (χ3v) is 4.13. The number of amides is 1. The van der Waals surface area contributed by atoms with E-state index in [4.69, 9.17) is 10.5 Å². The van der Waals surface area contributed by atoms with Gasteiger partial charge in [0.1, 0.15) is 6.10 Å². The monoisotopic (exact) mass is 364 g/mol. The number of rotatable bonds is 5. The lowest BCUT2D eigenvalue weighted by atomic mass is 10.0. The fourth-order valence-electron chi connectivity index (χ4n) is 2.15. The molecule has 1 atom stereocenters. The molecule has 2 rings (SSSR count). The van der Waals surface area contributed by atoms with Crippen LogP contribution in [0.25, 0.3) is 0 Å². The van der Waals surface area contributed by atoms with Gasteiger partial charge in [-0.3, -0.25) is 0 Å². The van der Waals surface area contributed by atoms with E-state index in [9.17, 15) is 22.4 Å². The summed E-state index contributed by atoms with van der Waals surface area (Å²) < 4.78 is 59.4. The highest BCUT2D eigenvalue weighted by atomic mass is 19.4. The predicted octanol–water partition coefficient (Wildman–Crippen LogP) is 3.57. The van der Waals surface area contributed by atoms with Crippen molar-refractivity contribution in [3.63, 3.8) is 0 Å². The van der Waals surface area contributed by atoms with Gasteiger partial charge in [0.05, 0.1) is 5.54 Å². The van der Waals surface area contributed by atoms with E-state index in [2.05, 4.69) is 10.1 Å². The van der Waals surface area contributed by atoms with Crippen LogP contribution in [0.2, 0.25) is 0 Å². The van der Waals surface area contributed by atoms with Crippen LogP contribution in [0, 0.1) is 5.82 Å². The van der Waals surface area contributed by atoms with Gasteiger partial charge < -0.3 is 20.5 Å². The third kappa shape index (κ3) is 4.97. The molecule has 1 unspecified atom stereocenters. The Labute approximate surface area is 142 Å². The van der Waals surface area contributed by atoms with Gasteiger partial charge in [0.15, 0.2) is 11.6 Å². The average molecular weight is 364 g/mol. The van der Waals surface area contributed by atoms with Crippen molar-refractivity contribution >= 4 is 6.09 Å². The molecular formula is C16H20F4N2O3. The minimum Gasteiger partial charge on any atom is -0.445 e. The highest BCUT2D eigenvalue weighted by Gasteiger charge is 2.47. The van der Waals surface area contributed by atoms with Crippen LogP contribution in [0.1, 0.15) is 39.2 Å². The molecule has 0 heterocycles.